The molecule has 8 nitrogen and oxygen atoms in total. The van der Waals surface area contributed by atoms with Crippen molar-refractivity contribution >= 4 is 6.09 Å². The lowest BCUT2D eigenvalue weighted by atomic mass is 10.1. The van der Waals surface area contributed by atoms with Gasteiger partial charge in [0.1, 0.15) is 19.0 Å². The molecular weight excluding hydrogens is 348 g/mol. The summed E-state index contributed by atoms with van der Waals surface area (Å²) in [6, 6.07) is 13.3. The average Bonchev–Trinajstić information content (AvgIpc) is 3.07. The Morgan fingerprint density at radius 2 is 1.93 bits per heavy atom. The first-order chi connectivity index (χ1) is 13.1. The van der Waals surface area contributed by atoms with Crippen molar-refractivity contribution in [2.75, 3.05) is 20.3 Å². The van der Waals surface area contributed by atoms with Crippen molar-refractivity contribution in [1.82, 2.24) is 14.8 Å². The standard InChI is InChI=1S/C19H20N4O4/c1-13-11-17(23(22-13)15-5-8-18(25-2)21-12-15)14-3-6-16(7-4-14)26-9-10-27-19(20)24/h3-8,11-12H,9-10H2,1-2H3,(H2,20,24). The molecule has 0 saturated heterocycles. The van der Waals surface area contributed by atoms with Crippen LogP contribution in [0.15, 0.2) is 48.7 Å². The van der Waals surface area contributed by atoms with E-state index in [0.717, 1.165) is 22.6 Å². The zero-order valence-corrected chi connectivity index (χ0v) is 15.1. The molecule has 3 aromatic rings. The average molecular weight is 368 g/mol. The van der Waals surface area contributed by atoms with Crippen LogP contribution in [0.4, 0.5) is 4.79 Å². The predicted octanol–water partition coefficient (Wildman–Crippen LogP) is 2.73. The number of benzene rings is 1. The second-order valence-corrected chi connectivity index (χ2v) is 5.68. The summed E-state index contributed by atoms with van der Waals surface area (Å²) in [7, 11) is 1.58. The highest BCUT2D eigenvalue weighted by Gasteiger charge is 2.11. The molecule has 0 aliphatic heterocycles. The van der Waals surface area contributed by atoms with Crippen LogP contribution in [0.1, 0.15) is 5.69 Å². The van der Waals surface area contributed by atoms with Crippen LogP contribution < -0.4 is 15.2 Å². The van der Waals surface area contributed by atoms with E-state index in [1.165, 1.54) is 0 Å². The summed E-state index contributed by atoms with van der Waals surface area (Å²) in [6.45, 7) is 2.28. The van der Waals surface area contributed by atoms with Crippen molar-refractivity contribution in [2.45, 2.75) is 6.92 Å². The number of aryl methyl sites for hydroxylation is 1. The Morgan fingerprint density at radius 1 is 1.15 bits per heavy atom. The number of methoxy groups -OCH3 is 1. The number of nitrogens with two attached hydrogens (primary N) is 1. The van der Waals surface area contributed by atoms with Gasteiger partial charge in [0.2, 0.25) is 5.88 Å². The van der Waals surface area contributed by atoms with E-state index in [-0.39, 0.29) is 13.2 Å². The minimum Gasteiger partial charge on any atom is -0.490 e. The number of hydrogen-bond donors (Lipinski definition) is 1. The molecule has 0 atom stereocenters. The van der Waals surface area contributed by atoms with Gasteiger partial charge < -0.3 is 19.9 Å². The molecule has 0 aliphatic carbocycles. The number of rotatable bonds is 7. The van der Waals surface area contributed by atoms with Gasteiger partial charge in [0, 0.05) is 11.6 Å². The van der Waals surface area contributed by atoms with E-state index in [9.17, 15) is 4.79 Å². The normalized spacial score (nSPS) is 10.4. The molecule has 140 valence electrons. The molecule has 0 saturated carbocycles. The summed E-state index contributed by atoms with van der Waals surface area (Å²) in [5, 5.41) is 4.56. The van der Waals surface area contributed by atoms with Gasteiger partial charge in [-0.2, -0.15) is 5.10 Å². The summed E-state index contributed by atoms with van der Waals surface area (Å²) in [4.78, 5) is 14.8. The Bertz CT molecular complexity index is 904. The number of carbonyl (C=O) groups is 1. The minimum atomic E-state index is -0.814. The highest BCUT2D eigenvalue weighted by molar-refractivity contribution is 5.64. The summed E-state index contributed by atoms with van der Waals surface area (Å²) >= 11 is 0. The molecule has 2 heterocycles. The monoisotopic (exact) mass is 368 g/mol. The van der Waals surface area contributed by atoms with Crippen LogP contribution in [-0.2, 0) is 4.74 Å². The van der Waals surface area contributed by atoms with Crippen LogP contribution in [-0.4, -0.2) is 41.2 Å². The maximum atomic E-state index is 10.5. The first-order valence-corrected chi connectivity index (χ1v) is 8.29. The van der Waals surface area contributed by atoms with E-state index in [0.29, 0.717) is 11.6 Å². The number of pyridine rings is 1. The van der Waals surface area contributed by atoms with Crippen LogP contribution in [0, 0.1) is 6.92 Å². The molecule has 3 rings (SSSR count). The minimum absolute atomic E-state index is 0.105. The molecule has 0 unspecified atom stereocenters. The van der Waals surface area contributed by atoms with Gasteiger partial charge in [0.15, 0.2) is 0 Å². The van der Waals surface area contributed by atoms with E-state index in [2.05, 4.69) is 14.8 Å². The molecule has 2 aromatic heterocycles. The second-order valence-electron chi connectivity index (χ2n) is 5.68. The summed E-state index contributed by atoms with van der Waals surface area (Å²) in [5.41, 5.74) is 8.54. The van der Waals surface area contributed by atoms with E-state index < -0.39 is 6.09 Å². The highest BCUT2D eigenvalue weighted by Crippen LogP contribution is 2.26. The van der Waals surface area contributed by atoms with Gasteiger partial charge in [-0.25, -0.2) is 14.5 Å². The fraction of sp³-hybridized carbons (Fsp3) is 0.211. The van der Waals surface area contributed by atoms with Gasteiger partial charge in [-0.05, 0) is 43.3 Å². The Kier molecular flexibility index (Phi) is 5.55. The first-order valence-electron chi connectivity index (χ1n) is 8.29. The lowest BCUT2D eigenvalue weighted by Crippen LogP contribution is -2.17. The zero-order valence-electron chi connectivity index (χ0n) is 15.1. The number of aromatic nitrogens is 3. The number of hydrogen-bond acceptors (Lipinski definition) is 6. The first kappa shape index (κ1) is 18.2. The van der Waals surface area contributed by atoms with Crippen LogP contribution in [0.25, 0.3) is 16.9 Å². The Balaban J connectivity index is 1.77. The lowest BCUT2D eigenvalue weighted by molar-refractivity contribution is 0.134. The van der Waals surface area contributed by atoms with Crippen LogP contribution in [0.5, 0.6) is 11.6 Å². The number of nitrogens with zero attached hydrogens (tertiary/aromatic N) is 3. The predicted molar refractivity (Wildman–Crippen MR) is 99.1 cm³/mol. The Hall–Kier alpha value is -3.55. The molecule has 0 radical (unpaired) electrons. The lowest BCUT2D eigenvalue weighted by Gasteiger charge is -2.10. The molecule has 1 aromatic carbocycles. The van der Waals surface area contributed by atoms with Gasteiger partial charge in [-0.1, -0.05) is 0 Å². The van der Waals surface area contributed by atoms with Gasteiger partial charge in [0.25, 0.3) is 0 Å². The van der Waals surface area contributed by atoms with Crippen molar-refractivity contribution in [3.63, 3.8) is 0 Å². The molecule has 8 heteroatoms. The van der Waals surface area contributed by atoms with E-state index in [4.69, 9.17) is 15.2 Å². The molecule has 27 heavy (non-hydrogen) atoms. The second kappa shape index (κ2) is 8.22. The molecule has 0 fully saturated rings. The molecule has 0 bridgehead atoms. The van der Waals surface area contributed by atoms with Crippen molar-refractivity contribution in [3.8, 4) is 28.6 Å². The SMILES string of the molecule is COc1ccc(-n2nc(C)cc2-c2ccc(OCCOC(N)=O)cc2)cn1. The largest absolute Gasteiger partial charge is 0.490 e. The van der Waals surface area contributed by atoms with E-state index in [1.807, 2.05) is 48.0 Å². The van der Waals surface area contributed by atoms with Crippen LogP contribution in [0.3, 0.4) is 0 Å². The zero-order chi connectivity index (χ0) is 19.2. The van der Waals surface area contributed by atoms with Crippen molar-refractivity contribution in [1.29, 1.82) is 0 Å². The molecule has 2 N–H and O–H groups in total. The van der Waals surface area contributed by atoms with Crippen molar-refractivity contribution < 1.29 is 19.0 Å². The van der Waals surface area contributed by atoms with E-state index in [1.54, 1.807) is 19.4 Å². The number of primary amides is 1. The maximum Gasteiger partial charge on any atom is 0.404 e. The third kappa shape index (κ3) is 4.55. The van der Waals surface area contributed by atoms with E-state index >= 15 is 0 Å². The maximum absolute atomic E-state index is 10.5. The fourth-order valence-electron chi connectivity index (χ4n) is 2.54. The van der Waals surface area contributed by atoms with Gasteiger partial charge in [-0.15, -0.1) is 0 Å². The fourth-order valence-corrected chi connectivity index (χ4v) is 2.54. The summed E-state index contributed by atoms with van der Waals surface area (Å²) in [6.07, 6.45) is 0.899. The third-order valence-electron chi connectivity index (χ3n) is 3.75. The number of ether oxygens (including phenoxy) is 3. The summed E-state index contributed by atoms with van der Waals surface area (Å²) < 4.78 is 17.1. The quantitative estimate of drug-likeness (QED) is 0.644. The van der Waals surface area contributed by atoms with Gasteiger partial charge in [0.05, 0.1) is 30.4 Å². The van der Waals surface area contributed by atoms with Crippen molar-refractivity contribution in [3.05, 3.63) is 54.4 Å². The highest BCUT2D eigenvalue weighted by atomic mass is 16.6. The molecule has 0 spiro atoms. The third-order valence-corrected chi connectivity index (χ3v) is 3.75. The molecule has 1 amide bonds. The number of carbonyl (C=O) groups excluding carboxylic acids is 1. The van der Waals surface area contributed by atoms with Crippen LogP contribution >= 0.6 is 0 Å². The molecule has 0 aliphatic rings. The Morgan fingerprint density at radius 3 is 2.56 bits per heavy atom. The number of amides is 1. The Labute approximate surface area is 156 Å². The van der Waals surface area contributed by atoms with Gasteiger partial charge >= 0.3 is 6.09 Å². The van der Waals surface area contributed by atoms with Crippen LogP contribution in [0.2, 0.25) is 0 Å². The van der Waals surface area contributed by atoms with Crippen molar-refractivity contribution in [2.24, 2.45) is 5.73 Å². The van der Waals surface area contributed by atoms with Gasteiger partial charge in [-0.3, -0.25) is 0 Å². The molecular formula is C19H20N4O4. The smallest absolute Gasteiger partial charge is 0.404 e. The summed E-state index contributed by atoms with van der Waals surface area (Å²) in [5.74, 6) is 1.21. The topological polar surface area (TPSA) is 101 Å².